The minimum atomic E-state index is 0.458. The number of hydrogen-bond donors (Lipinski definition) is 0. The summed E-state index contributed by atoms with van der Waals surface area (Å²) in [6, 6.07) is 0. The molecular formula is C7H8O3. The lowest BCUT2D eigenvalue weighted by Crippen LogP contribution is -1.86. The van der Waals surface area contributed by atoms with Gasteiger partial charge in [0.1, 0.15) is 12.0 Å². The van der Waals surface area contributed by atoms with Crippen LogP contribution in [-0.4, -0.2) is 13.4 Å². The van der Waals surface area contributed by atoms with E-state index in [2.05, 4.69) is 0 Å². The fraction of sp³-hybridized carbons (Fsp3) is 0.286. The van der Waals surface area contributed by atoms with Crippen LogP contribution < -0.4 is 4.74 Å². The highest BCUT2D eigenvalue weighted by Gasteiger charge is 2.08. The summed E-state index contributed by atoms with van der Waals surface area (Å²) in [6.45, 7) is 1.74. The third kappa shape index (κ3) is 0.900. The molecule has 0 bridgehead atoms. The Hall–Kier alpha value is -1.25. The van der Waals surface area contributed by atoms with E-state index in [1.165, 1.54) is 13.4 Å². The first-order valence-electron chi connectivity index (χ1n) is 2.87. The van der Waals surface area contributed by atoms with Gasteiger partial charge in [-0.1, -0.05) is 0 Å². The average Bonchev–Trinajstić information content (AvgIpc) is 2.30. The molecule has 0 spiro atoms. The van der Waals surface area contributed by atoms with Crippen molar-refractivity contribution in [3.8, 4) is 5.75 Å². The van der Waals surface area contributed by atoms with Gasteiger partial charge in [-0.2, -0.15) is 0 Å². The SMILES string of the molecule is COc1c(C=O)coc1C. The van der Waals surface area contributed by atoms with Crippen molar-refractivity contribution in [2.24, 2.45) is 0 Å². The molecule has 0 aliphatic rings. The Morgan fingerprint density at radius 1 is 1.70 bits per heavy atom. The van der Waals surface area contributed by atoms with Crippen molar-refractivity contribution in [1.82, 2.24) is 0 Å². The normalized spacial score (nSPS) is 9.40. The van der Waals surface area contributed by atoms with Gasteiger partial charge in [0.2, 0.25) is 0 Å². The second-order valence-corrected chi connectivity index (χ2v) is 1.90. The second-order valence-electron chi connectivity index (χ2n) is 1.90. The Bertz CT molecular complexity index is 237. The van der Waals surface area contributed by atoms with E-state index in [0.717, 1.165) is 0 Å². The summed E-state index contributed by atoms with van der Waals surface area (Å²) in [7, 11) is 1.50. The molecule has 54 valence electrons. The van der Waals surface area contributed by atoms with E-state index in [9.17, 15) is 4.79 Å². The maximum atomic E-state index is 10.3. The van der Waals surface area contributed by atoms with Crippen LogP contribution in [0.15, 0.2) is 10.7 Å². The number of carbonyl (C=O) groups is 1. The summed E-state index contributed by atoms with van der Waals surface area (Å²) in [6.07, 6.45) is 2.08. The molecule has 0 N–H and O–H groups in total. The number of ether oxygens (including phenoxy) is 1. The van der Waals surface area contributed by atoms with Gasteiger partial charge >= 0.3 is 0 Å². The number of furan rings is 1. The van der Waals surface area contributed by atoms with Crippen molar-refractivity contribution in [2.75, 3.05) is 7.11 Å². The maximum Gasteiger partial charge on any atom is 0.170 e. The van der Waals surface area contributed by atoms with Crippen LogP contribution in [0.25, 0.3) is 0 Å². The van der Waals surface area contributed by atoms with E-state index in [-0.39, 0.29) is 0 Å². The summed E-state index contributed by atoms with van der Waals surface area (Å²) < 4.78 is 9.80. The van der Waals surface area contributed by atoms with Crippen LogP contribution in [0.5, 0.6) is 5.75 Å². The number of rotatable bonds is 2. The van der Waals surface area contributed by atoms with E-state index in [1.54, 1.807) is 6.92 Å². The molecule has 3 nitrogen and oxygen atoms in total. The summed E-state index contributed by atoms with van der Waals surface area (Å²) in [5, 5.41) is 0. The highest BCUT2D eigenvalue weighted by atomic mass is 16.5. The third-order valence-corrected chi connectivity index (χ3v) is 1.28. The monoisotopic (exact) mass is 140 g/mol. The van der Waals surface area contributed by atoms with Crippen LogP contribution in [0.2, 0.25) is 0 Å². The minimum Gasteiger partial charge on any atom is -0.492 e. The Labute approximate surface area is 58.6 Å². The Kier molecular flexibility index (Phi) is 1.76. The molecule has 1 aromatic rings. The minimum absolute atomic E-state index is 0.458. The number of aryl methyl sites for hydroxylation is 1. The van der Waals surface area contributed by atoms with Crippen molar-refractivity contribution in [3.63, 3.8) is 0 Å². The largest absolute Gasteiger partial charge is 0.492 e. The molecule has 0 aliphatic carbocycles. The summed E-state index contributed by atoms with van der Waals surface area (Å²) in [4.78, 5) is 10.3. The van der Waals surface area contributed by atoms with Gasteiger partial charge in [0.05, 0.1) is 12.7 Å². The van der Waals surface area contributed by atoms with Gasteiger partial charge in [-0.3, -0.25) is 4.79 Å². The van der Waals surface area contributed by atoms with Crippen LogP contribution in [0.1, 0.15) is 16.1 Å². The quantitative estimate of drug-likeness (QED) is 0.583. The molecule has 0 amide bonds. The zero-order valence-electron chi connectivity index (χ0n) is 5.88. The van der Waals surface area contributed by atoms with Crippen molar-refractivity contribution in [2.45, 2.75) is 6.92 Å². The zero-order chi connectivity index (χ0) is 7.56. The maximum absolute atomic E-state index is 10.3. The van der Waals surface area contributed by atoms with E-state index in [1.807, 2.05) is 0 Å². The standard InChI is InChI=1S/C7H8O3/c1-5-7(9-2)6(3-8)4-10-5/h3-4H,1-2H3. The first kappa shape index (κ1) is 6.86. The van der Waals surface area contributed by atoms with Gasteiger partial charge in [-0.05, 0) is 6.92 Å². The van der Waals surface area contributed by atoms with Crippen molar-refractivity contribution in [3.05, 3.63) is 17.6 Å². The lowest BCUT2D eigenvalue weighted by Gasteiger charge is -1.94. The highest BCUT2D eigenvalue weighted by molar-refractivity contribution is 5.79. The van der Waals surface area contributed by atoms with E-state index >= 15 is 0 Å². The molecule has 1 rings (SSSR count). The van der Waals surface area contributed by atoms with Gasteiger partial charge in [-0.25, -0.2) is 0 Å². The van der Waals surface area contributed by atoms with Gasteiger partial charge in [0.15, 0.2) is 12.0 Å². The van der Waals surface area contributed by atoms with Crippen LogP contribution in [0.3, 0.4) is 0 Å². The fourth-order valence-corrected chi connectivity index (χ4v) is 0.805. The summed E-state index contributed by atoms with van der Waals surface area (Å²) in [5.41, 5.74) is 0.458. The predicted octanol–water partition coefficient (Wildman–Crippen LogP) is 1.41. The van der Waals surface area contributed by atoms with E-state index in [0.29, 0.717) is 23.4 Å². The predicted molar refractivity (Wildman–Crippen MR) is 35.4 cm³/mol. The third-order valence-electron chi connectivity index (χ3n) is 1.28. The molecule has 0 atom stereocenters. The molecule has 0 unspecified atom stereocenters. The molecule has 0 saturated carbocycles. The van der Waals surface area contributed by atoms with Gasteiger partial charge in [0, 0.05) is 0 Å². The molecule has 3 heteroatoms. The number of methoxy groups -OCH3 is 1. The number of hydrogen-bond acceptors (Lipinski definition) is 3. The molecule has 0 radical (unpaired) electrons. The number of aldehydes is 1. The van der Waals surface area contributed by atoms with Crippen molar-refractivity contribution in [1.29, 1.82) is 0 Å². The lowest BCUT2D eigenvalue weighted by atomic mass is 10.3. The Morgan fingerprint density at radius 3 is 2.80 bits per heavy atom. The zero-order valence-corrected chi connectivity index (χ0v) is 5.88. The highest BCUT2D eigenvalue weighted by Crippen LogP contribution is 2.22. The summed E-state index contributed by atoms with van der Waals surface area (Å²) >= 11 is 0. The molecule has 0 aromatic carbocycles. The molecular weight excluding hydrogens is 132 g/mol. The first-order valence-corrected chi connectivity index (χ1v) is 2.87. The molecule has 1 heterocycles. The lowest BCUT2D eigenvalue weighted by molar-refractivity contribution is 0.112. The topological polar surface area (TPSA) is 39.4 Å². The molecule has 1 aromatic heterocycles. The Balaban J connectivity index is 3.12. The first-order chi connectivity index (χ1) is 4.79. The average molecular weight is 140 g/mol. The molecule has 10 heavy (non-hydrogen) atoms. The van der Waals surface area contributed by atoms with Crippen molar-refractivity contribution >= 4 is 6.29 Å². The smallest absolute Gasteiger partial charge is 0.170 e. The fourth-order valence-electron chi connectivity index (χ4n) is 0.805. The molecule has 0 saturated heterocycles. The van der Waals surface area contributed by atoms with Gasteiger partial charge in [0.25, 0.3) is 0 Å². The summed E-state index contributed by atoms with van der Waals surface area (Å²) in [5.74, 6) is 1.15. The Morgan fingerprint density at radius 2 is 2.40 bits per heavy atom. The van der Waals surface area contributed by atoms with Crippen LogP contribution in [0.4, 0.5) is 0 Å². The van der Waals surface area contributed by atoms with E-state index < -0.39 is 0 Å². The number of carbonyl (C=O) groups excluding carboxylic acids is 1. The molecule has 0 aliphatic heterocycles. The second kappa shape index (κ2) is 2.56. The van der Waals surface area contributed by atoms with Crippen LogP contribution in [0, 0.1) is 6.92 Å². The van der Waals surface area contributed by atoms with Crippen molar-refractivity contribution < 1.29 is 13.9 Å². The van der Waals surface area contributed by atoms with Gasteiger partial charge in [-0.15, -0.1) is 0 Å². The van der Waals surface area contributed by atoms with Crippen LogP contribution >= 0.6 is 0 Å². The van der Waals surface area contributed by atoms with E-state index in [4.69, 9.17) is 9.15 Å². The molecule has 0 fully saturated rings. The van der Waals surface area contributed by atoms with Gasteiger partial charge < -0.3 is 9.15 Å². The van der Waals surface area contributed by atoms with Crippen LogP contribution in [-0.2, 0) is 0 Å².